The van der Waals surface area contributed by atoms with Crippen molar-refractivity contribution in [1.82, 2.24) is 4.98 Å². The van der Waals surface area contributed by atoms with Gasteiger partial charge >= 0.3 is 6.18 Å². The third-order valence-corrected chi connectivity index (χ3v) is 2.85. The Kier molecular flexibility index (Phi) is 5.18. The summed E-state index contributed by atoms with van der Waals surface area (Å²) in [5.74, 6) is -2.28. The van der Waals surface area contributed by atoms with E-state index in [-0.39, 0.29) is 23.6 Å². The minimum absolute atomic E-state index is 0.185. The van der Waals surface area contributed by atoms with Gasteiger partial charge in [0.25, 0.3) is 0 Å². The topological polar surface area (TPSA) is 57.9 Å². The van der Waals surface area contributed by atoms with Crippen LogP contribution in [0, 0.1) is 23.0 Å². The highest BCUT2D eigenvalue weighted by Gasteiger charge is 2.29. The Labute approximate surface area is 133 Å². The van der Waals surface area contributed by atoms with Crippen molar-refractivity contribution in [3.63, 3.8) is 0 Å². The molecule has 1 heterocycles. The first kappa shape index (κ1) is 17.5. The molecule has 0 fully saturated rings. The average molecular weight is 343 g/mol. The summed E-state index contributed by atoms with van der Waals surface area (Å²) < 4.78 is 68.7. The van der Waals surface area contributed by atoms with Crippen LogP contribution in [-0.4, -0.2) is 17.8 Å². The van der Waals surface area contributed by atoms with E-state index in [1.54, 1.807) is 6.07 Å². The van der Waals surface area contributed by atoms with Gasteiger partial charge in [0.05, 0.1) is 11.6 Å². The largest absolute Gasteiger partial charge is 0.468 e. The third kappa shape index (κ3) is 4.55. The molecule has 1 aromatic carbocycles. The monoisotopic (exact) mass is 343 g/mol. The lowest BCUT2D eigenvalue weighted by Crippen LogP contribution is -2.20. The molecule has 2 aromatic rings. The summed E-state index contributed by atoms with van der Waals surface area (Å²) in [5.41, 5.74) is -0.504. The molecule has 0 aliphatic carbocycles. The van der Waals surface area contributed by atoms with E-state index in [0.717, 1.165) is 12.1 Å². The summed E-state index contributed by atoms with van der Waals surface area (Å²) in [6.07, 6.45) is -3.30. The van der Waals surface area contributed by atoms with Crippen molar-refractivity contribution in [2.24, 2.45) is 0 Å². The van der Waals surface area contributed by atoms with E-state index >= 15 is 0 Å². The lowest BCUT2D eigenvalue weighted by molar-refractivity contribution is -0.154. The van der Waals surface area contributed by atoms with Crippen molar-refractivity contribution < 1.29 is 26.7 Å². The number of hydrogen-bond acceptors (Lipinski definition) is 4. The molecule has 2 rings (SSSR count). The fourth-order valence-electron chi connectivity index (χ4n) is 1.83. The molecule has 0 radical (unpaired) electrons. The van der Waals surface area contributed by atoms with Crippen molar-refractivity contribution in [1.29, 1.82) is 5.26 Å². The van der Waals surface area contributed by atoms with Crippen LogP contribution in [0.5, 0.6) is 5.88 Å². The number of nitrogens with one attached hydrogen (secondary N) is 1. The minimum Gasteiger partial charge on any atom is -0.468 e. The van der Waals surface area contributed by atoms with Crippen molar-refractivity contribution in [2.45, 2.75) is 12.7 Å². The van der Waals surface area contributed by atoms with E-state index in [0.29, 0.717) is 0 Å². The normalized spacial score (nSPS) is 11.0. The summed E-state index contributed by atoms with van der Waals surface area (Å²) in [5, 5.41) is 11.1. The third-order valence-electron chi connectivity index (χ3n) is 2.85. The molecule has 0 bridgehead atoms. The van der Waals surface area contributed by atoms with Gasteiger partial charge in [-0.3, -0.25) is 0 Å². The molecule has 9 heteroatoms. The summed E-state index contributed by atoms with van der Waals surface area (Å²) in [7, 11) is 0. The molecule has 0 aliphatic heterocycles. The molecular formula is C15H10F5N3O. The van der Waals surface area contributed by atoms with Crippen LogP contribution in [0.1, 0.15) is 11.1 Å². The molecule has 0 atom stereocenters. The molecule has 0 spiro atoms. The minimum atomic E-state index is -4.53. The van der Waals surface area contributed by atoms with Crippen LogP contribution >= 0.6 is 0 Å². The molecule has 4 nitrogen and oxygen atoms in total. The summed E-state index contributed by atoms with van der Waals surface area (Å²) in [4.78, 5) is 3.67. The van der Waals surface area contributed by atoms with Crippen LogP contribution in [0.15, 0.2) is 30.5 Å². The van der Waals surface area contributed by atoms with E-state index in [2.05, 4.69) is 15.0 Å². The maximum atomic E-state index is 13.8. The van der Waals surface area contributed by atoms with Gasteiger partial charge in [0.15, 0.2) is 18.2 Å². The molecule has 0 aliphatic rings. The second kappa shape index (κ2) is 7.12. The number of alkyl halides is 3. The van der Waals surface area contributed by atoms with Gasteiger partial charge in [-0.25, -0.2) is 13.8 Å². The van der Waals surface area contributed by atoms with Crippen LogP contribution < -0.4 is 10.1 Å². The Balaban J connectivity index is 2.14. The number of pyridine rings is 1. The van der Waals surface area contributed by atoms with Gasteiger partial charge in [0.2, 0.25) is 5.88 Å². The van der Waals surface area contributed by atoms with E-state index in [1.807, 2.05) is 0 Å². The van der Waals surface area contributed by atoms with Crippen molar-refractivity contribution in [2.75, 3.05) is 11.9 Å². The standard InChI is InChI=1S/C15H10F5N3O/c16-11-4-9(6-21)5-12(17)13(11)23-7-10-2-1-3-22-14(10)24-8-15(18,19)20/h1-5,23H,7-8H2. The first-order chi connectivity index (χ1) is 11.3. The first-order valence-electron chi connectivity index (χ1n) is 6.56. The SMILES string of the molecule is N#Cc1cc(F)c(NCc2cccnc2OCC(F)(F)F)c(F)c1. The van der Waals surface area contributed by atoms with Crippen LogP contribution in [0.3, 0.4) is 0 Å². The molecule has 1 N–H and O–H groups in total. The van der Waals surface area contributed by atoms with Crippen molar-refractivity contribution in [3.8, 4) is 11.9 Å². The molecular weight excluding hydrogens is 333 g/mol. The highest BCUT2D eigenvalue weighted by Crippen LogP contribution is 2.24. The number of hydrogen-bond donors (Lipinski definition) is 1. The zero-order chi connectivity index (χ0) is 17.7. The Morgan fingerprint density at radius 3 is 2.46 bits per heavy atom. The number of halogens is 5. The van der Waals surface area contributed by atoms with Gasteiger partial charge in [0.1, 0.15) is 5.69 Å². The summed E-state index contributed by atoms with van der Waals surface area (Å²) in [6.45, 7) is -1.75. The van der Waals surface area contributed by atoms with Crippen molar-refractivity contribution >= 4 is 5.69 Å². The van der Waals surface area contributed by atoms with Crippen LogP contribution in [-0.2, 0) is 6.54 Å². The number of aromatic nitrogens is 1. The van der Waals surface area contributed by atoms with Gasteiger partial charge < -0.3 is 10.1 Å². The smallest absolute Gasteiger partial charge is 0.422 e. The molecule has 24 heavy (non-hydrogen) atoms. The Hall–Kier alpha value is -2.89. The van der Waals surface area contributed by atoms with E-state index in [1.165, 1.54) is 18.3 Å². The highest BCUT2D eigenvalue weighted by atomic mass is 19.4. The average Bonchev–Trinajstić information content (AvgIpc) is 2.52. The van der Waals surface area contributed by atoms with Crippen LogP contribution in [0.4, 0.5) is 27.6 Å². The van der Waals surface area contributed by atoms with Crippen molar-refractivity contribution in [3.05, 3.63) is 53.2 Å². The predicted octanol–water partition coefficient (Wildman–Crippen LogP) is 3.78. The second-order valence-corrected chi connectivity index (χ2v) is 4.65. The van der Waals surface area contributed by atoms with Crippen LogP contribution in [0.2, 0.25) is 0 Å². The maximum Gasteiger partial charge on any atom is 0.422 e. The molecule has 0 amide bonds. The zero-order valence-corrected chi connectivity index (χ0v) is 12.0. The molecule has 126 valence electrons. The summed E-state index contributed by atoms with van der Waals surface area (Å²) >= 11 is 0. The Morgan fingerprint density at radius 2 is 1.88 bits per heavy atom. The zero-order valence-electron chi connectivity index (χ0n) is 12.0. The summed E-state index contributed by atoms with van der Waals surface area (Å²) in [6, 6.07) is 6.15. The number of benzene rings is 1. The lowest BCUT2D eigenvalue weighted by Gasteiger charge is -2.13. The fourth-order valence-corrected chi connectivity index (χ4v) is 1.83. The van der Waals surface area contributed by atoms with Gasteiger partial charge in [-0.15, -0.1) is 0 Å². The van der Waals surface area contributed by atoms with Gasteiger partial charge in [-0.1, -0.05) is 6.07 Å². The van der Waals surface area contributed by atoms with E-state index in [9.17, 15) is 22.0 Å². The quantitative estimate of drug-likeness (QED) is 0.840. The first-order valence-corrected chi connectivity index (χ1v) is 6.56. The molecule has 1 aromatic heterocycles. The maximum absolute atomic E-state index is 13.8. The number of anilines is 1. The highest BCUT2D eigenvalue weighted by molar-refractivity contribution is 5.51. The number of nitriles is 1. The predicted molar refractivity (Wildman–Crippen MR) is 74.2 cm³/mol. The van der Waals surface area contributed by atoms with Crippen LogP contribution in [0.25, 0.3) is 0 Å². The lowest BCUT2D eigenvalue weighted by atomic mass is 10.2. The second-order valence-electron chi connectivity index (χ2n) is 4.65. The molecule has 0 saturated heterocycles. The Bertz CT molecular complexity index is 747. The number of ether oxygens (including phenoxy) is 1. The van der Waals surface area contributed by atoms with Gasteiger partial charge in [0, 0.05) is 18.3 Å². The van der Waals surface area contributed by atoms with E-state index in [4.69, 9.17) is 5.26 Å². The molecule has 0 saturated carbocycles. The number of nitrogens with zero attached hydrogens (tertiary/aromatic N) is 2. The fraction of sp³-hybridized carbons (Fsp3) is 0.200. The van der Waals surface area contributed by atoms with E-state index < -0.39 is 30.1 Å². The Morgan fingerprint density at radius 1 is 1.21 bits per heavy atom. The number of rotatable bonds is 5. The van der Waals surface area contributed by atoms with Gasteiger partial charge in [-0.05, 0) is 18.2 Å². The molecule has 0 unspecified atom stereocenters. The van der Waals surface area contributed by atoms with Gasteiger partial charge in [-0.2, -0.15) is 18.4 Å².